The molecule has 2 aromatic heterocycles. The molecule has 4 rings (SSSR count). The van der Waals surface area contributed by atoms with E-state index in [2.05, 4.69) is 41.8 Å². The highest BCUT2D eigenvalue weighted by molar-refractivity contribution is 7.17. The van der Waals surface area contributed by atoms with E-state index in [0.29, 0.717) is 24.3 Å². The predicted molar refractivity (Wildman–Crippen MR) is 127 cm³/mol. The van der Waals surface area contributed by atoms with Gasteiger partial charge in [0.05, 0.1) is 0 Å². The molecule has 1 fully saturated rings. The van der Waals surface area contributed by atoms with Crippen molar-refractivity contribution in [2.45, 2.75) is 38.1 Å². The van der Waals surface area contributed by atoms with Crippen LogP contribution in [0.3, 0.4) is 0 Å². The van der Waals surface area contributed by atoms with Crippen LogP contribution in [-0.4, -0.2) is 31.6 Å². The zero-order chi connectivity index (χ0) is 20.9. The second-order valence-corrected chi connectivity index (χ2v) is 10.3. The number of thiophene rings is 2. The average molecular weight is 443 g/mol. The zero-order valence-corrected chi connectivity index (χ0v) is 19.3. The van der Waals surface area contributed by atoms with Crippen LogP contribution < -0.4 is 10.1 Å². The van der Waals surface area contributed by atoms with Gasteiger partial charge in [0, 0.05) is 32.9 Å². The maximum atomic E-state index is 12.2. The highest BCUT2D eigenvalue weighted by atomic mass is 32.1. The van der Waals surface area contributed by atoms with E-state index in [1.165, 1.54) is 30.6 Å². The summed E-state index contributed by atoms with van der Waals surface area (Å²) in [6, 6.07) is 13.0. The second kappa shape index (κ2) is 9.94. The van der Waals surface area contributed by atoms with Crippen molar-refractivity contribution in [3.05, 3.63) is 52.0 Å². The molecule has 0 bridgehead atoms. The van der Waals surface area contributed by atoms with E-state index in [4.69, 9.17) is 4.74 Å². The number of rotatable bonds is 7. The van der Waals surface area contributed by atoms with Crippen LogP contribution in [0.1, 0.15) is 43.0 Å². The van der Waals surface area contributed by atoms with Crippen LogP contribution in [0.5, 0.6) is 5.75 Å². The number of hydrogen-bond donors (Lipinski definition) is 1. The summed E-state index contributed by atoms with van der Waals surface area (Å²) < 4.78 is 6.66. The highest BCUT2D eigenvalue weighted by Crippen LogP contribution is 2.41. The molecule has 0 spiro atoms. The van der Waals surface area contributed by atoms with E-state index < -0.39 is 0 Å². The van der Waals surface area contributed by atoms with Gasteiger partial charge in [0.1, 0.15) is 0 Å². The van der Waals surface area contributed by atoms with E-state index >= 15 is 0 Å². The fourth-order valence-corrected chi connectivity index (χ4v) is 6.58. The summed E-state index contributed by atoms with van der Waals surface area (Å²) in [5.74, 6) is 2.06. The average Bonchev–Trinajstić information content (AvgIpc) is 3.40. The summed E-state index contributed by atoms with van der Waals surface area (Å²) in [4.78, 5) is 16.1. The molecule has 4 nitrogen and oxygen atoms in total. The third-order valence-electron chi connectivity index (χ3n) is 6.20. The SMILES string of the molecule is CN(C)C(c1cccs1)C1CCC(CCNC(=O)Oc2csc3ccccc23)CC1. The molecule has 30 heavy (non-hydrogen) atoms. The first-order chi connectivity index (χ1) is 14.6. The number of amides is 1. The molecular weight excluding hydrogens is 412 g/mol. The fraction of sp³-hybridized carbons (Fsp3) is 0.458. The molecule has 1 aliphatic rings. The third-order valence-corrected chi connectivity index (χ3v) is 8.08. The van der Waals surface area contributed by atoms with Gasteiger partial charge in [-0.1, -0.05) is 31.0 Å². The third kappa shape index (κ3) is 5.05. The van der Waals surface area contributed by atoms with E-state index in [-0.39, 0.29) is 6.09 Å². The van der Waals surface area contributed by atoms with Crippen molar-refractivity contribution in [1.29, 1.82) is 0 Å². The van der Waals surface area contributed by atoms with Crippen molar-refractivity contribution in [3.63, 3.8) is 0 Å². The van der Waals surface area contributed by atoms with Gasteiger partial charge in [-0.3, -0.25) is 0 Å². The topological polar surface area (TPSA) is 41.6 Å². The Hall–Kier alpha value is -1.89. The first-order valence-corrected chi connectivity index (χ1v) is 12.5. The molecule has 3 aromatic rings. The molecule has 160 valence electrons. The van der Waals surface area contributed by atoms with E-state index in [1.807, 2.05) is 41.0 Å². The smallest absolute Gasteiger partial charge is 0.409 e. The molecule has 0 saturated heterocycles. The van der Waals surface area contributed by atoms with Crippen LogP contribution in [0.15, 0.2) is 47.2 Å². The molecule has 2 heterocycles. The Bertz CT molecular complexity index is 943. The Labute approximate surface area is 186 Å². The van der Waals surface area contributed by atoms with Gasteiger partial charge in [0.2, 0.25) is 0 Å². The minimum absolute atomic E-state index is 0.349. The summed E-state index contributed by atoms with van der Waals surface area (Å²) in [5, 5.41) is 8.03. The maximum absolute atomic E-state index is 12.2. The van der Waals surface area contributed by atoms with Gasteiger partial charge >= 0.3 is 6.09 Å². The lowest BCUT2D eigenvalue weighted by atomic mass is 9.76. The lowest BCUT2D eigenvalue weighted by Gasteiger charge is -2.37. The Balaban J connectivity index is 1.21. The Morgan fingerprint density at radius 1 is 1.13 bits per heavy atom. The molecule has 0 radical (unpaired) electrons. The van der Waals surface area contributed by atoms with Crippen molar-refractivity contribution in [2.24, 2.45) is 11.8 Å². The molecule has 1 atom stereocenters. The molecule has 6 heteroatoms. The molecule has 0 aliphatic heterocycles. The minimum Gasteiger partial charge on any atom is -0.409 e. The summed E-state index contributed by atoms with van der Waals surface area (Å²) in [6.45, 7) is 0.679. The highest BCUT2D eigenvalue weighted by Gasteiger charge is 2.30. The lowest BCUT2D eigenvalue weighted by molar-refractivity contribution is 0.148. The van der Waals surface area contributed by atoms with Crippen LogP contribution in [0.4, 0.5) is 4.79 Å². The van der Waals surface area contributed by atoms with Gasteiger partial charge in [-0.2, -0.15) is 0 Å². The number of benzene rings is 1. The maximum Gasteiger partial charge on any atom is 0.412 e. The van der Waals surface area contributed by atoms with Crippen molar-refractivity contribution < 1.29 is 9.53 Å². The fourth-order valence-electron chi connectivity index (χ4n) is 4.71. The van der Waals surface area contributed by atoms with Gasteiger partial charge in [-0.15, -0.1) is 22.7 Å². The number of fused-ring (bicyclic) bond motifs is 1. The van der Waals surface area contributed by atoms with Gasteiger partial charge < -0.3 is 15.0 Å². The molecule has 1 N–H and O–H groups in total. The van der Waals surface area contributed by atoms with Crippen LogP contribution in [0, 0.1) is 11.8 Å². The number of hydrogen-bond acceptors (Lipinski definition) is 5. The minimum atomic E-state index is -0.349. The quantitative estimate of drug-likeness (QED) is 0.451. The van der Waals surface area contributed by atoms with Gasteiger partial charge in [-0.05, 0) is 68.8 Å². The molecule has 1 aliphatic carbocycles. The predicted octanol–water partition coefficient (Wildman–Crippen LogP) is 6.55. The van der Waals surface area contributed by atoms with Crippen LogP contribution in [0.2, 0.25) is 0 Å². The van der Waals surface area contributed by atoms with Gasteiger partial charge in [-0.25, -0.2) is 4.79 Å². The van der Waals surface area contributed by atoms with E-state index in [9.17, 15) is 4.79 Å². The number of carbonyl (C=O) groups is 1. The molecule has 1 amide bonds. The molecule has 1 unspecified atom stereocenters. The van der Waals surface area contributed by atoms with Gasteiger partial charge in [0.25, 0.3) is 0 Å². The first kappa shape index (κ1) is 21.3. The summed E-state index contributed by atoms with van der Waals surface area (Å²) in [7, 11) is 4.39. The Morgan fingerprint density at radius 2 is 1.93 bits per heavy atom. The largest absolute Gasteiger partial charge is 0.412 e. The van der Waals surface area contributed by atoms with Crippen molar-refractivity contribution in [3.8, 4) is 5.75 Å². The number of ether oxygens (including phenoxy) is 1. The Kier molecular flexibility index (Phi) is 7.08. The van der Waals surface area contributed by atoms with Crippen LogP contribution >= 0.6 is 22.7 Å². The summed E-state index contributed by atoms with van der Waals surface area (Å²) >= 11 is 3.47. The monoisotopic (exact) mass is 442 g/mol. The summed E-state index contributed by atoms with van der Waals surface area (Å²) in [5.41, 5.74) is 0. The molecular formula is C24H30N2O2S2. The van der Waals surface area contributed by atoms with Crippen molar-refractivity contribution in [2.75, 3.05) is 20.6 Å². The van der Waals surface area contributed by atoms with E-state index in [1.54, 1.807) is 11.3 Å². The van der Waals surface area contributed by atoms with Gasteiger partial charge in [0.15, 0.2) is 5.75 Å². The number of nitrogens with zero attached hydrogens (tertiary/aromatic N) is 1. The van der Waals surface area contributed by atoms with Crippen LogP contribution in [-0.2, 0) is 0 Å². The lowest BCUT2D eigenvalue weighted by Crippen LogP contribution is -2.32. The van der Waals surface area contributed by atoms with Crippen molar-refractivity contribution in [1.82, 2.24) is 10.2 Å². The molecule has 1 aromatic carbocycles. The normalized spacial score (nSPS) is 20.4. The van der Waals surface area contributed by atoms with E-state index in [0.717, 1.165) is 22.4 Å². The summed E-state index contributed by atoms with van der Waals surface area (Å²) in [6.07, 6.45) is 5.68. The standard InChI is InChI=1S/C24H30N2O2S2/c1-26(2)23(22-8-5-15-29-22)18-11-9-17(10-12-18)13-14-25-24(27)28-20-16-30-21-7-4-3-6-19(20)21/h3-8,15-18,23H,9-14H2,1-2H3,(H,25,27). The second-order valence-electron chi connectivity index (χ2n) is 8.41. The number of nitrogens with one attached hydrogen (secondary N) is 1. The zero-order valence-electron chi connectivity index (χ0n) is 17.7. The van der Waals surface area contributed by atoms with Crippen molar-refractivity contribution >= 4 is 38.9 Å². The Morgan fingerprint density at radius 3 is 2.67 bits per heavy atom. The number of carbonyl (C=O) groups excluding carboxylic acids is 1. The molecule has 1 saturated carbocycles. The first-order valence-electron chi connectivity index (χ1n) is 10.7. The van der Waals surface area contributed by atoms with Crippen LogP contribution in [0.25, 0.3) is 10.1 Å².